The Morgan fingerprint density at radius 3 is 2.70 bits per heavy atom. The number of benzene rings is 2. The van der Waals surface area contributed by atoms with Gasteiger partial charge in [-0.2, -0.15) is 0 Å². The summed E-state index contributed by atoms with van der Waals surface area (Å²) in [6.07, 6.45) is 2.62. The second-order valence-electron chi connectivity index (χ2n) is 4.82. The Bertz CT molecular complexity index is 671. The van der Waals surface area contributed by atoms with E-state index in [0.29, 0.717) is 5.56 Å². The van der Waals surface area contributed by atoms with Crippen molar-refractivity contribution in [3.05, 3.63) is 77.1 Å². The third-order valence-corrected chi connectivity index (χ3v) is 3.15. The summed E-state index contributed by atoms with van der Waals surface area (Å²) in [5.74, 6) is -0.460. The van der Waals surface area contributed by atoms with Crippen LogP contribution in [-0.2, 0) is 18.0 Å². The van der Waals surface area contributed by atoms with Crippen LogP contribution in [0.2, 0.25) is 0 Å². The van der Waals surface area contributed by atoms with E-state index >= 15 is 0 Å². The molecule has 0 heterocycles. The molecule has 120 valence electrons. The Morgan fingerprint density at radius 1 is 1.17 bits per heavy atom. The maximum Gasteiger partial charge on any atom is 0.407 e. The van der Waals surface area contributed by atoms with Crippen LogP contribution in [0.4, 0.5) is 9.18 Å². The number of carbonyl (C=O) groups excluding carboxylic acids is 1. The molecular weight excluding hydrogens is 297 g/mol. The lowest BCUT2D eigenvalue weighted by Crippen LogP contribution is -2.24. The molecule has 0 saturated heterocycles. The fraction of sp³-hybridized carbons (Fsp3) is 0.167. The van der Waals surface area contributed by atoms with Gasteiger partial charge in [0.15, 0.2) is 0 Å². The Balaban J connectivity index is 1.77. The molecule has 0 aromatic heterocycles. The van der Waals surface area contributed by atoms with E-state index < -0.39 is 11.9 Å². The molecule has 0 aliphatic carbocycles. The van der Waals surface area contributed by atoms with Crippen LogP contribution in [0.25, 0.3) is 6.08 Å². The monoisotopic (exact) mass is 315 g/mol. The lowest BCUT2D eigenvalue weighted by molar-refractivity contribution is 0.141. The van der Waals surface area contributed by atoms with Crippen LogP contribution in [0, 0.1) is 5.82 Å². The van der Waals surface area contributed by atoms with Crippen LogP contribution in [0.15, 0.2) is 54.6 Å². The molecular formula is C18H18FNO3. The SMILES string of the molecule is O=C(NCC=Cc1cccc(CO)c1F)OCc1ccccc1. The van der Waals surface area contributed by atoms with E-state index in [1.165, 1.54) is 6.07 Å². The topological polar surface area (TPSA) is 58.6 Å². The number of rotatable bonds is 6. The number of halogens is 1. The normalized spacial score (nSPS) is 10.7. The highest BCUT2D eigenvalue weighted by atomic mass is 19.1. The number of aliphatic hydroxyl groups is 1. The smallest absolute Gasteiger partial charge is 0.407 e. The number of carbonyl (C=O) groups is 1. The van der Waals surface area contributed by atoms with Gasteiger partial charge in [0.2, 0.25) is 0 Å². The standard InChI is InChI=1S/C18H18FNO3/c19-17-15(8-4-9-16(17)12-21)10-5-11-20-18(22)23-13-14-6-2-1-3-7-14/h1-10,21H,11-13H2,(H,20,22). The zero-order valence-corrected chi connectivity index (χ0v) is 12.5. The Labute approximate surface area is 134 Å². The molecule has 0 atom stereocenters. The molecule has 0 aliphatic heterocycles. The molecule has 0 bridgehead atoms. The van der Waals surface area contributed by atoms with Gasteiger partial charge in [-0.15, -0.1) is 0 Å². The van der Waals surface area contributed by atoms with Gasteiger partial charge in [-0.3, -0.25) is 0 Å². The molecule has 4 nitrogen and oxygen atoms in total. The van der Waals surface area contributed by atoms with E-state index in [2.05, 4.69) is 5.32 Å². The van der Waals surface area contributed by atoms with Crippen molar-refractivity contribution >= 4 is 12.2 Å². The Kier molecular flexibility index (Phi) is 6.32. The summed E-state index contributed by atoms with van der Waals surface area (Å²) in [7, 11) is 0. The summed E-state index contributed by atoms with van der Waals surface area (Å²) in [6.45, 7) is 0.0670. The lowest BCUT2D eigenvalue weighted by Gasteiger charge is -2.05. The van der Waals surface area contributed by atoms with Gasteiger partial charge in [-0.25, -0.2) is 9.18 Å². The highest BCUT2D eigenvalue weighted by Gasteiger charge is 2.04. The molecule has 5 heteroatoms. The predicted molar refractivity (Wildman–Crippen MR) is 86.0 cm³/mol. The molecule has 0 aliphatic rings. The number of nitrogens with one attached hydrogen (secondary N) is 1. The zero-order chi connectivity index (χ0) is 16.5. The molecule has 2 aromatic rings. The minimum Gasteiger partial charge on any atom is -0.445 e. The molecule has 0 radical (unpaired) electrons. The number of ether oxygens (including phenoxy) is 1. The molecule has 0 fully saturated rings. The number of alkyl carbamates (subject to hydrolysis) is 1. The maximum atomic E-state index is 13.8. The van der Waals surface area contributed by atoms with E-state index in [-0.39, 0.29) is 25.3 Å². The summed E-state index contributed by atoms with van der Waals surface area (Å²) in [6, 6.07) is 14.1. The molecule has 0 saturated carbocycles. The van der Waals surface area contributed by atoms with Crippen LogP contribution < -0.4 is 5.32 Å². The van der Waals surface area contributed by atoms with E-state index in [1.807, 2.05) is 30.3 Å². The number of hydrogen-bond acceptors (Lipinski definition) is 3. The summed E-state index contributed by atoms with van der Waals surface area (Å²) in [5.41, 5.74) is 1.50. The van der Waals surface area contributed by atoms with Crippen molar-refractivity contribution in [3.63, 3.8) is 0 Å². The van der Waals surface area contributed by atoms with Crippen molar-refractivity contribution in [2.24, 2.45) is 0 Å². The average molecular weight is 315 g/mol. The van der Waals surface area contributed by atoms with Gasteiger partial charge in [0.05, 0.1) is 6.61 Å². The molecule has 23 heavy (non-hydrogen) atoms. The first-order chi connectivity index (χ1) is 11.2. The molecule has 1 amide bonds. The predicted octanol–water partition coefficient (Wildman–Crippen LogP) is 3.26. The lowest BCUT2D eigenvalue weighted by atomic mass is 10.1. The summed E-state index contributed by atoms with van der Waals surface area (Å²) in [4.78, 5) is 11.5. The van der Waals surface area contributed by atoms with Crippen molar-refractivity contribution in [3.8, 4) is 0 Å². The first kappa shape index (κ1) is 16.7. The summed E-state index contributed by atoms with van der Waals surface area (Å²) in [5, 5.41) is 11.6. The minimum atomic E-state index is -0.539. The van der Waals surface area contributed by atoms with Gasteiger partial charge in [0.25, 0.3) is 0 Å². The van der Waals surface area contributed by atoms with Gasteiger partial charge in [-0.1, -0.05) is 60.7 Å². The van der Waals surface area contributed by atoms with E-state index in [1.54, 1.807) is 24.3 Å². The number of hydrogen-bond donors (Lipinski definition) is 2. The van der Waals surface area contributed by atoms with Crippen molar-refractivity contribution in [1.29, 1.82) is 0 Å². The summed E-state index contributed by atoms with van der Waals surface area (Å²) < 4.78 is 18.9. The second kappa shape index (κ2) is 8.70. The molecule has 2 aromatic carbocycles. The molecule has 2 N–H and O–H groups in total. The second-order valence-corrected chi connectivity index (χ2v) is 4.82. The van der Waals surface area contributed by atoms with Crippen LogP contribution in [0.3, 0.4) is 0 Å². The zero-order valence-electron chi connectivity index (χ0n) is 12.5. The number of aliphatic hydroxyl groups excluding tert-OH is 1. The first-order valence-corrected chi connectivity index (χ1v) is 7.20. The van der Waals surface area contributed by atoms with Crippen LogP contribution in [0.5, 0.6) is 0 Å². The first-order valence-electron chi connectivity index (χ1n) is 7.20. The van der Waals surface area contributed by atoms with Crippen molar-refractivity contribution in [2.45, 2.75) is 13.2 Å². The highest BCUT2D eigenvalue weighted by molar-refractivity contribution is 5.67. The average Bonchev–Trinajstić information content (AvgIpc) is 2.59. The highest BCUT2D eigenvalue weighted by Crippen LogP contribution is 2.14. The fourth-order valence-electron chi connectivity index (χ4n) is 1.95. The molecule has 0 unspecified atom stereocenters. The summed E-state index contributed by atoms with van der Waals surface area (Å²) >= 11 is 0. The minimum absolute atomic E-state index is 0.198. The molecule has 0 spiro atoms. The van der Waals surface area contributed by atoms with Crippen molar-refractivity contribution in [1.82, 2.24) is 5.32 Å². The van der Waals surface area contributed by atoms with Gasteiger partial charge in [0, 0.05) is 17.7 Å². The van der Waals surface area contributed by atoms with Crippen LogP contribution in [-0.4, -0.2) is 17.7 Å². The quantitative estimate of drug-likeness (QED) is 0.860. The van der Waals surface area contributed by atoms with E-state index in [0.717, 1.165) is 5.56 Å². The Morgan fingerprint density at radius 2 is 1.96 bits per heavy atom. The van der Waals surface area contributed by atoms with Crippen LogP contribution in [0.1, 0.15) is 16.7 Å². The third kappa shape index (κ3) is 5.23. The van der Waals surface area contributed by atoms with Crippen LogP contribution >= 0.6 is 0 Å². The van der Waals surface area contributed by atoms with Crippen molar-refractivity contribution in [2.75, 3.05) is 6.54 Å². The number of amides is 1. The van der Waals surface area contributed by atoms with Gasteiger partial charge in [0.1, 0.15) is 12.4 Å². The van der Waals surface area contributed by atoms with E-state index in [9.17, 15) is 9.18 Å². The molecule has 2 rings (SSSR count). The third-order valence-electron chi connectivity index (χ3n) is 3.15. The van der Waals surface area contributed by atoms with Gasteiger partial charge in [-0.05, 0) is 5.56 Å². The largest absolute Gasteiger partial charge is 0.445 e. The fourth-order valence-corrected chi connectivity index (χ4v) is 1.95. The van der Waals surface area contributed by atoms with Crippen molar-refractivity contribution < 1.29 is 19.0 Å². The van der Waals surface area contributed by atoms with Gasteiger partial charge >= 0.3 is 6.09 Å². The van der Waals surface area contributed by atoms with E-state index in [4.69, 9.17) is 9.84 Å². The Hall–Kier alpha value is -2.66. The van der Waals surface area contributed by atoms with Gasteiger partial charge < -0.3 is 15.2 Å². The maximum absolute atomic E-state index is 13.8.